The number of hydrogen-bond donors (Lipinski definition) is 2. The molecule has 7 nitrogen and oxygen atoms in total. The Morgan fingerprint density at radius 2 is 2.21 bits per heavy atom. The predicted octanol–water partition coefficient (Wildman–Crippen LogP) is 1.10. The normalized spacial score (nSPS) is 11.1. The summed E-state index contributed by atoms with van der Waals surface area (Å²) in [6.45, 7) is 2.04. The van der Waals surface area contributed by atoms with Crippen molar-refractivity contribution >= 4 is 24.0 Å². The van der Waals surface area contributed by atoms with E-state index in [1.807, 2.05) is 0 Å². The summed E-state index contributed by atoms with van der Waals surface area (Å²) in [4.78, 5) is 22.0. The van der Waals surface area contributed by atoms with E-state index >= 15 is 0 Å². The lowest BCUT2D eigenvalue weighted by Gasteiger charge is -2.11. The topological polar surface area (TPSA) is 107 Å². The Morgan fingerprint density at radius 3 is 2.68 bits per heavy atom. The summed E-state index contributed by atoms with van der Waals surface area (Å²) < 4.78 is 4.85. The van der Waals surface area contributed by atoms with Gasteiger partial charge in [-0.05, 0) is 19.1 Å². The molecule has 19 heavy (non-hydrogen) atoms. The minimum Gasteiger partial charge on any atom is -0.490 e. The van der Waals surface area contributed by atoms with Crippen molar-refractivity contribution in [3.8, 4) is 5.75 Å². The van der Waals surface area contributed by atoms with Crippen LogP contribution in [-0.4, -0.2) is 30.5 Å². The van der Waals surface area contributed by atoms with Gasteiger partial charge in [-0.15, -0.1) is 12.4 Å². The molecular formula is C11H16ClN3O4. The number of rotatable bonds is 5. The minimum absolute atomic E-state index is 0. The van der Waals surface area contributed by atoms with Crippen LogP contribution < -0.4 is 15.8 Å². The molecule has 0 heterocycles. The second-order valence-corrected chi connectivity index (χ2v) is 3.75. The fourth-order valence-corrected chi connectivity index (χ4v) is 1.34. The number of carbonyl (C=O) groups is 1. The molecule has 0 saturated heterocycles. The van der Waals surface area contributed by atoms with Crippen molar-refractivity contribution < 1.29 is 14.5 Å². The van der Waals surface area contributed by atoms with Crippen molar-refractivity contribution in [2.75, 3.05) is 13.7 Å². The van der Waals surface area contributed by atoms with Gasteiger partial charge in [-0.25, -0.2) is 0 Å². The molecule has 1 aromatic rings. The van der Waals surface area contributed by atoms with Crippen LogP contribution >= 0.6 is 12.4 Å². The van der Waals surface area contributed by atoms with Crippen molar-refractivity contribution in [3.63, 3.8) is 0 Å². The van der Waals surface area contributed by atoms with Gasteiger partial charge in [0.15, 0.2) is 5.75 Å². The van der Waals surface area contributed by atoms with Crippen LogP contribution in [0.5, 0.6) is 5.75 Å². The standard InChI is InChI=1S/C11H15N3O4.ClH/c1-7(6-12)13-11(15)8-3-4-10(18-2)9(5-8)14(16)17;/h3-5,7H,6,12H2,1-2H3,(H,13,15);1H/t7-;/m1./s1. The average molecular weight is 290 g/mol. The van der Waals surface area contributed by atoms with Gasteiger partial charge in [0.2, 0.25) is 0 Å². The quantitative estimate of drug-likeness (QED) is 0.623. The first-order chi connectivity index (χ1) is 8.49. The maximum atomic E-state index is 11.8. The number of hydrogen-bond acceptors (Lipinski definition) is 5. The first-order valence-corrected chi connectivity index (χ1v) is 5.33. The Kier molecular flexibility index (Phi) is 6.81. The van der Waals surface area contributed by atoms with Crippen LogP contribution in [0.2, 0.25) is 0 Å². The molecule has 106 valence electrons. The second kappa shape index (κ2) is 7.55. The molecule has 0 aliphatic heterocycles. The Balaban J connectivity index is 0.00000324. The van der Waals surface area contributed by atoms with Crippen LogP contribution in [0.15, 0.2) is 18.2 Å². The number of benzene rings is 1. The summed E-state index contributed by atoms with van der Waals surface area (Å²) in [6.07, 6.45) is 0. The highest BCUT2D eigenvalue weighted by Crippen LogP contribution is 2.27. The van der Waals surface area contributed by atoms with Crippen LogP contribution in [0.4, 0.5) is 5.69 Å². The van der Waals surface area contributed by atoms with Gasteiger partial charge in [-0.1, -0.05) is 0 Å². The third kappa shape index (κ3) is 4.38. The highest BCUT2D eigenvalue weighted by atomic mass is 35.5. The van der Waals surface area contributed by atoms with Crippen LogP contribution in [0, 0.1) is 10.1 Å². The molecule has 1 aromatic carbocycles. The van der Waals surface area contributed by atoms with Gasteiger partial charge in [0, 0.05) is 24.2 Å². The molecule has 0 bridgehead atoms. The largest absolute Gasteiger partial charge is 0.490 e. The zero-order valence-corrected chi connectivity index (χ0v) is 11.4. The zero-order chi connectivity index (χ0) is 13.7. The number of amides is 1. The van der Waals surface area contributed by atoms with Gasteiger partial charge in [0.25, 0.3) is 5.91 Å². The summed E-state index contributed by atoms with van der Waals surface area (Å²) in [5, 5.41) is 13.4. The van der Waals surface area contributed by atoms with Gasteiger partial charge in [-0.3, -0.25) is 14.9 Å². The summed E-state index contributed by atoms with van der Waals surface area (Å²) in [5.41, 5.74) is 5.33. The molecule has 8 heteroatoms. The molecule has 0 aromatic heterocycles. The minimum atomic E-state index is -0.595. The van der Waals surface area contributed by atoms with Crippen molar-refractivity contribution in [2.24, 2.45) is 5.73 Å². The van der Waals surface area contributed by atoms with E-state index in [1.54, 1.807) is 6.92 Å². The van der Waals surface area contributed by atoms with Gasteiger partial charge in [0.1, 0.15) is 0 Å². The van der Waals surface area contributed by atoms with Gasteiger partial charge < -0.3 is 15.8 Å². The Labute approximate surface area is 116 Å². The van der Waals surface area contributed by atoms with Crippen molar-refractivity contribution in [2.45, 2.75) is 13.0 Å². The van der Waals surface area contributed by atoms with E-state index in [0.717, 1.165) is 0 Å². The molecule has 1 atom stereocenters. The lowest BCUT2D eigenvalue weighted by Crippen LogP contribution is -2.37. The Morgan fingerprint density at radius 1 is 1.58 bits per heavy atom. The number of methoxy groups -OCH3 is 1. The third-order valence-electron chi connectivity index (χ3n) is 2.37. The molecule has 0 saturated carbocycles. The predicted molar refractivity (Wildman–Crippen MR) is 72.9 cm³/mol. The summed E-state index contributed by atoms with van der Waals surface area (Å²) in [7, 11) is 1.33. The smallest absolute Gasteiger partial charge is 0.311 e. The van der Waals surface area contributed by atoms with E-state index in [9.17, 15) is 14.9 Å². The SMILES string of the molecule is COc1ccc(C(=O)N[C@H](C)CN)cc1[N+](=O)[O-].Cl. The number of nitrogens with two attached hydrogens (primary N) is 1. The molecule has 1 rings (SSSR count). The first kappa shape index (κ1) is 17.1. The molecular weight excluding hydrogens is 274 g/mol. The number of nitrogens with zero attached hydrogens (tertiary/aromatic N) is 1. The van der Waals surface area contributed by atoms with Crippen molar-refractivity contribution in [3.05, 3.63) is 33.9 Å². The number of carbonyl (C=O) groups excluding carboxylic acids is 1. The number of nitro groups is 1. The lowest BCUT2D eigenvalue weighted by molar-refractivity contribution is -0.385. The van der Waals surface area contributed by atoms with Crippen LogP contribution in [-0.2, 0) is 0 Å². The number of nitro benzene ring substituents is 1. The monoisotopic (exact) mass is 289 g/mol. The summed E-state index contributed by atoms with van der Waals surface area (Å²) in [6, 6.07) is 3.83. The number of halogens is 1. The molecule has 0 aliphatic carbocycles. The van der Waals surface area contributed by atoms with Crippen LogP contribution in [0.1, 0.15) is 17.3 Å². The number of nitrogens with one attached hydrogen (secondary N) is 1. The first-order valence-electron chi connectivity index (χ1n) is 5.33. The maximum Gasteiger partial charge on any atom is 0.311 e. The van der Waals surface area contributed by atoms with E-state index < -0.39 is 10.8 Å². The summed E-state index contributed by atoms with van der Waals surface area (Å²) in [5.74, 6) is -0.290. The van der Waals surface area contributed by atoms with E-state index in [2.05, 4.69) is 5.32 Å². The molecule has 0 spiro atoms. The van der Waals surface area contributed by atoms with E-state index in [-0.39, 0.29) is 35.4 Å². The highest BCUT2D eigenvalue weighted by Gasteiger charge is 2.18. The van der Waals surface area contributed by atoms with Gasteiger partial charge in [0.05, 0.1) is 12.0 Å². The molecule has 0 unspecified atom stereocenters. The molecule has 3 N–H and O–H groups in total. The van der Waals surface area contributed by atoms with E-state index in [4.69, 9.17) is 10.5 Å². The average Bonchev–Trinajstić information content (AvgIpc) is 2.37. The zero-order valence-electron chi connectivity index (χ0n) is 10.6. The maximum absolute atomic E-state index is 11.8. The van der Waals surface area contributed by atoms with Gasteiger partial charge >= 0.3 is 5.69 Å². The second-order valence-electron chi connectivity index (χ2n) is 3.75. The van der Waals surface area contributed by atoms with Crippen molar-refractivity contribution in [1.29, 1.82) is 0 Å². The number of ether oxygens (including phenoxy) is 1. The molecule has 1 amide bonds. The van der Waals surface area contributed by atoms with Gasteiger partial charge in [-0.2, -0.15) is 0 Å². The molecule has 0 fully saturated rings. The molecule has 0 radical (unpaired) electrons. The fourth-order valence-electron chi connectivity index (χ4n) is 1.34. The third-order valence-corrected chi connectivity index (χ3v) is 2.37. The molecule has 0 aliphatic rings. The van der Waals surface area contributed by atoms with E-state index in [1.165, 1.54) is 25.3 Å². The lowest BCUT2D eigenvalue weighted by atomic mass is 10.1. The Bertz CT molecular complexity index is 467. The fraction of sp³-hybridized carbons (Fsp3) is 0.364. The van der Waals surface area contributed by atoms with E-state index in [0.29, 0.717) is 6.54 Å². The van der Waals surface area contributed by atoms with Crippen LogP contribution in [0.25, 0.3) is 0 Å². The van der Waals surface area contributed by atoms with Crippen molar-refractivity contribution in [1.82, 2.24) is 5.32 Å². The Hall–Kier alpha value is -1.86. The van der Waals surface area contributed by atoms with Crippen LogP contribution in [0.3, 0.4) is 0 Å². The highest BCUT2D eigenvalue weighted by molar-refractivity contribution is 5.95. The summed E-state index contributed by atoms with van der Waals surface area (Å²) >= 11 is 0.